The van der Waals surface area contributed by atoms with Crippen LogP contribution in [0.4, 0.5) is 0 Å². The number of hydrogen-bond acceptors (Lipinski definition) is 2. The Morgan fingerprint density at radius 1 is 1.25 bits per heavy atom. The lowest BCUT2D eigenvalue weighted by molar-refractivity contribution is -0.154. The highest BCUT2D eigenvalue weighted by molar-refractivity contribution is 5.89. The molecule has 0 aromatic heterocycles. The van der Waals surface area contributed by atoms with Gasteiger partial charge >= 0.3 is 0 Å². The maximum Gasteiger partial charge on any atom is 0.164 e. The molecule has 12 heavy (non-hydrogen) atoms. The lowest BCUT2D eigenvalue weighted by Gasteiger charge is -2.42. The summed E-state index contributed by atoms with van der Waals surface area (Å²) in [6, 6.07) is 0. The Bertz CT molecular complexity index is 224. The first kappa shape index (κ1) is 8.24. The van der Waals surface area contributed by atoms with Gasteiger partial charge < -0.3 is 5.11 Å². The van der Waals surface area contributed by atoms with Crippen molar-refractivity contribution in [2.45, 2.75) is 51.0 Å². The lowest BCUT2D eigenvalue weighted by atomic mass is 9.66. The van der Waals surface area contributed by atoms with Crippen LogP contribution in [0, 0.1) is 5.41 Å². The number of fused-ring (bicyclic) bond motifs is 1. The van der Waals surface area contributed by atoms with Crippen molar-refractivity contribution in [2.75, 3.05) is 0 Å². The molecule has 0 aromatic rings. The summed E-state index contributed by atoms with van der Waals surface area (Å²) in [5.74, 6) is 0.0914. The zero-order valence-electron chi connectivity index (χ0n) is 7.60. The molecule has 0 aliphatic heterocycles. The fourth-order valence-electron chi connectivity index (χ4n) is 2.90. The molecule has 0 amide bonds. The summed E-state index contributed by atoms with van der Waals surface area (Å²) in [7, 11) is 0. The topological polar surface area (TPSA) is 37.3 Å². The van der Waals surface area contributed by atoms with Crippen LogP contribution in [0.1, 0.15) is 45.4 Å². The first-order valence-corrected chi connectivity index (χ1v) is 4.84. The lowest BCUT2D eigenvalue weighted by Crippen LogP contribution is -2.51. The van der Waals surface area contributed by atoms with Crippen molar-refractivity contribution in [2.24, 2.45) is 5.41 Å². The zero-order chi connectivity index (χ0) is 8.82. The van der Waals surface area contributed by atoms with Crippen LogP contribution in [0.5, 0.6) is 0 Å². The molecular formula is C10H16O2. The molecule has 0 heterocycles. The number of carbonyl (C=O) groups is 1. The van der Waals surface area contributed by atoms with Crippen molar-refractivity contribution < 1.29 is 9.90 Å². The quantitative estimate of drug-likeness (QED) is 0.597. The van der Waals surface area contributed by atoms with Gasteiger partial charge in [0.25, 0.3) is 0 Å². The van der Waals surface area contributed by atoms with Gasteiger partial charge in [0.05, 0.1) is 0 Å². The highest BCUT2D eigenvalue weighted by Crippen LogP contribution is 2.53. The van der Waals surface area contributed by atoms with Gasteiger partial charge in [0, 0.05) is 11.8 Å². The van der Waals surface area contributed by atoms with Crippen molar-refractivity contribution in [3.8, 4) is 0 Å². The van der Waals surface area contributed by atoms with E-state index in [1.54, 1.807) is 0 Å². The Hall–Kier alpha value is -0.370. The summed E-state index contributed by atoms with van der Waals surface area (Å²) >= 11 is 0. The molecule has 2 unspecified atom stereocenters. The molecule has 0 saturated heterocycles. The summed E-state index contributed by atoms with van der Waals surface area (Å²) in [6.45, 7) is 2.07. The third-order valence-corrected chi connectivity index (χ3v) is 3.86. The van der Waals surface area contributed by atoms with Crippen LogP contribution in [0.3, 0.4) is 0 Å². The molecule has 2 aliphatic carbocycles. The van der Waals surface area contributed by atoms with Gasteiger partial charge in [-0.15, -0.1) is 0 Å². The van der Waals surface area contributed by atoms with Crippen LogP contribution in [0.2, 0.25) is 0 Å². The molecule has 2 aliphatic rings. The predicted molar refractivity (Wildman–Crippen MR) is 45.8 cm³/mol. The molecule has 2 heteroatoms. The van der Waals surface area contributed by atoms with E-state index in [-0.39, 0.29) is 11.2 Å². The molecule has 0 spiro atoms. The minimum atomic E-state index is -0.953. The van der Waals surface area contributed by atoms with Crippen LogP contribution in [0.25, 0.3) is 0 Å². The van der Waals surface area contributed by atoms with Crippen LogP contribution in [0.15, 0.2) is 0 Å². The van der Waals surface area contributed by atoms with Gasteiger partial charge in [-0.3, -0.25) is 4.79 Å². The van der Waals surface area contributed by atoms with Crippen LogP contribution < -0.4 is 0 Å². The van der Waals surface area contributed by atoms with Gasteiger partial charge in [0.2, 0.25) is 0 Å². The third kappa shape index (κ3) is 0.817. The maximum absolute atomic E-state index is 11.6. The monoisotopic (exact) mass is 168 g/mol. The summed E-state index contributed by atoms with van der Waals surface area (Å²) in [5, 5.41) is 10.2. The number of hydrogen-bond donors (Lipinski definition) is 1. The SMILES string of the molecule is CC12CCCC(=O)C1(O)CCC2. The third-order valence-electron chi connectivity index (χ3n) is 3.86. The molecule has 0 aromatic carbocycles. The van der Waals surface area contributed by atoms with E-state index in [4.69, 9.17) is 0 Å². The molecule has 2 rings (SSSR count). The van der Waals surface area contributed by atoms with Gasteiger partial charge in [-0.2, -0.15) is 0 Å². The van der Waals surface area contributed by atoms with E-state index >= 15 is 0 Å². The van der Waals surface area contributed by atoms with E-state index in [0.29, 0.717) is 12.8 Å². The number of aliphatic hydroxyl groups is 1. The highest BCUT2D eigenvalue weighted by atomic mass is 16.3. The number of rotatable bonds is 0. The average molecular weight is 168 g/mol. The second-order valence-electron chi connectivity index (χ2n) is 4.55. The minimum Gasteiger partial charge on any atom is -0.382 e. The molecule has 1 N–H and O–H groups in total. The maximum atomic E-state index is 11.6. The van der Waals surface area contributed by atoms with Gasteiger partial charge in [-0.05, 0) is 32.1 Å². The average Bonchev–Trinajstić information content (AvgIpc) is 2.30. The Balaban J connectivity index is 2.36. The largest absolute Gasteiger partial charge is 0.382 e. The van der Waals surface area contributed by atoms with E-state index < -0.39 is 5.60 Å². The molecule has 2 saturated carbocycles. The number of Topliss-reactive ketones (excluding diaryl/α,β-unsaturated/α-hetero) is 1. The van der Waals surface area contributed by atoms with Crippen LogP contribution in [-0.2, 0) is 4.79 Å². The van der Waals surface area contributed by atoms with Gasteiger partial charge in [0.1, 0.15) is 5.60 Å². The highest BCUT2D eigenvalue weighted by Gasteiger charge is 2.56. The molecule has 0 radical (unpaired) electrons. The van der Waals surface area contributed by atoms with Crippen molar-refractivity contribution in [1.82, 2.24) is 0 Å². The molecule has 68 valence electrons. The van der Waals surface area contributed by atoms with Crippen molar-refractivity contribution in [3.63, 3.8) is 0 Å². The number of ketones is 1. The smallest absolute Gasteiger partial charge is 0.164 e. The Morgan fingerprint density at radius 2 is 1.92 bits per heavy atom. The second-order valence-corrected chi connectivity index (χ2v) is 4.55. The van der Waals surface area contributed by atoms with E-state index in [2.05, 4.69) is 6.92 Å². The minimum absolute atomic E-state index is 0.0914. The second kappa shape index (κ2) is 2.32. The van der Waals surface area contributed by atoms with Crippen molar-refractivity contribution in [3.05, 3.63) is 0 Å². The Kier molecular flexibility index (Phi) is 1.59. The molecule has 0 bridgehead atoms. The molecule has 2 atom stereocenters. The van der Waals surface area contributed by atoms with Gasteiger partial charge in [-0.25, -0.2) is 0 Å². The molecule has 2 nitrogen and oxygen atoms in total. The van der Waals surface area contributed by atoms with Crippen molar-refractivity contribution in [1.29, 1.82) is 0 Å². The fourth-order valence-corrected chi connectivity index (χ4v) is 2.90. The molecule has 2 fully saturated rings. The zero-order valence-corrected chi connectivity index (χ0v) is 7.60. The van der Waals surface area contributed by atoms with E-state index in [1.807, 2.05) is 0 Å². The standard InChI is InChI=1S/C10H16O2/c1-9-5-2-4-8(11)10(9,12)7-3-6-9/h12H,2-7H2,1H3. The fraction of sp³-hybridized carbons (Fsp3) is 0.900. The number of carbonyl (C=O) groups excluding carboxylic acids is 1. The van der Waals surface area contributed by atoms with Crippen LogP contribution in [-0.4, -0.2) is 16.5 Å². The Labute approximate surface area is 73.0 Å². The van der Waals surface area contributed by atoms with E-state index in [1.165, 1.54) is 0 Å². The summed E-state index contributed by atoms with van der Waals surface area (Å²) in [5.41, 5.74) is -1.05. The van der Waals surface area contributed by atoms with Gasteiger partial charge in [-0.1, -0.05) is 6.92 Å². The first-order chi connectivity index (χ1) is 5.58. The summed E-state index contributed by atoms with van der Waals surface area (Å²) < 4.78 is 0. The summed E-state index contributed by atoms with van der Waals surface area (Å²) in [4.78, 5) is 11.6. The normalized spacial score (nSPS) is 47.7. The van der Waals surface area contributed by atoms with Crippen molar-refractivity contribution >= 4 is 5.78 Å². The van der Waals surface area contributed by atoms with Crippen LogP contribution >= 0.6 is 0 Å². The van der Waals surface area contributed by atoms with Gasteiger partial charge in [0.15, 0.2) is 5.78 Å². The summed E-state index contributed by atoms with van der Waals surface area (Å²) in [6.07, 6.45) is 5.31. The first-order valence-electron chi connectivity index (χ1n) is 4.84. The Morgan fingerprint density at radius 3 is 2.58 bits per heavy atom. The van der Waals surface area contributed by atoms with E-state index in [9.17, 15) is 9.90 Å². The van der Waals surface area contributed by atoms with E-state index in [0.717, 1.165) is 25.7 Å². The predicted octanol–water partition coefficient (Wildman–Crippen LogP) is 1.66. The molecular weight excluding hydrogens is 152 g/mol.